The Morgan fingerprint density at radius 3 is 2.24 bits per heavy atom. The van der Waals surface area contributed by atoms with Gasteiger partial charge in [-0.3, -0.25) is 0 Å². The Balaban J connectivity index is 1.25. The molecule has 1 saturated heterocycles. The first-order chi connectivity index (χ1) is 18.6. The van der Waals surface area contributed by atoms with Gasteiger partial charge < -0.3 is 28.8 Å². The maximum atomic E-state index is 11.7. The van der Waals surface area contributed by atoms with Crippen LogP contribution in [0.3, 0.4) is 0 Å². The summed E-state index contributed by atoms with van der Waals surface area (Å²) in [5, 5.41) is 11.7. The molecule has 1 aliphatic heterocycles. The Bertz CT molecular complexity index is 1270. The molecule has 0 spiro atoms. The van der Waals surface area contributed by atoms with Gasteiger partial charge in [0, 0.05) is 12.5 Å². The van der Waals surface area contributed by atoms with Crippen molar-refractivity contribution in [2.75, 3.05) is 13.7 Å². The average molecular weight is 534 g/mol. The second-order valence-corrected chi connectivity index (χ2v) is 9.93. The van der Waals surface area contributed by atoms with Crippen LogP contribution in [0.15, 0.2) is 91.0 Å². The fourth-order valence-electron chi connectivity index (χ4n) is 4.30. The molecule has 8 heteroatoms. The highest BCUT2D eigenvalue weighted by Crippen LogP contribution is 2.42. The monoisotopic (exact) mass is 533 g/mol. The van der Waals surface area contributed by atoms with E-state index in [1.54, 1.807) is 13.2 Å². The number of aromatic nitrogens is 1. The van der Waals surface area contributed by atoms with Crippen molar-refractivity contribution in [2.45, 2.75) is 44.2 Å². The standard InChI is InChI=1S/C30H31NO6S/c1-33-25-14-12-24(13-15-25)20-36-29-17-28(38-31-29)30(32)27(35-19-23-10-6-3-7-11-23)16-26(37-30)21-34-18-22-8-4-2-5-9-22/h2-15,17,26-27,32H,16,18-21H2,1H3. The smallest absolute Gasteiger partial charge is 0.231 e. The number of benzene rings is 3. The third-order valence-electron chi connectivity index (χ3n) is 6.36. The molecule has 0 saturated carbocycles. The molecule has 0 aliphatic carbocycles. The van der Waals surface area contributed by atoms with Crippen molar-refractivity contribution in [1.82, 2.24) is 4.37 Å². The Kier molecular flexibility index (Phi) is 8.68. The molecule has 3 atom stereocenters. The van der Waals surface area contributed by atoms with E-state index >= 15 is 0 Å². The second kappa shape index (κ2) is 12.5. The average Bonchev–Trinajstić information content (AvgIpc) is 3.57. The molecule has 0 amide bonds. The molecule has 198 valence electrons. The Hall–Kier alpha value is -3.27. The Morgan fingerprint density at radius 2 is 1.55 bits per heavy atom. The number of ether oxygens (including phenoxy) is 5. The molecule has 0 radical (unpaired) electrons. The predicted molar refractivity (Wildman–Crippen MR) is 144 cm³/mol. The van der Waals surface area contributed by atoms with Crippen LogP contribution < -0.4 is 9.47 Å². The van der Waals surface area contributed by atoms with E-state index in [0.29, 0.717) is 43.6 Å². The molecule has 1 fully saturated rings. The van der Waals surface area contributed by atoms with Crippen molar-refractivity contribution in [2.24, 2.45) is 0 Å². The zero-order valence-corrected chi connectivity index (χ0v) is 22.0. The normalized spacial score (nSPS) is 20.9. The molecule has 1 N–H and O–H groups in total. The first-order valence-electron chi connectivity index (χ1n) is 12.5. The summed E-state index contributed by atoms with van der Waals surface area (Å²) in [5.74, 6) is -0.452. The molecule has 2 heterocycles. The number of hydrogen-bond donors (Lipinski definition) is 1. The number of methoxy groups -OCH3 is 1. The van der Waals surface area contributed by atoms with Crippen molar-refractivity contribution in [3.63, 3.8) is 0 Å². The predicted octanol–water partition coefficient (Wildman–Crippen LogP) is 5.47. The molecule has 7 nitrogen and oxygen atoms in total. The quantitative estimate of drug-likeness (QED) is 0.259. The van der Waals surface area contributed by atoms with Crippen LogP contribution in [0.1, 0.15) is 28.0 Å². The van der Waals surface area contributed by atoms with Gasteiger partial charge in [-0.2, -0.15) is 4.37 Å². The maximum absolute atomic E-state index is 11.7. The van der Waals surface area contributed by atoms with Gasteiger partial charge in [0.2, 0.25) is 11.7 Å². The summed E-state index contributed by atoms with van der Waals surface area (Å²) in [6, 6.07) is 29.2. The first-order valence-corrected chi connectivity index (χ1v) is 13.3. The zero-order chi connectivity index (χ0) is 26.2. The topological polar surface area (TPSA) is 79.3 Å². The first kappa shape index (κ1) is 26.3. The molecule has 1 aromatic heterocycles. The summed E-state index contributed by atoms with van der Waals surface area (Å²) < 4.78 is 33.8. The zero-order valence-electron chi connectivity index (χ0n) is 21.2. The number of nitrogens with zero attached hydrogens (tertiary/aromatic N) is 1. The molecule has 3 unspecified atom stereocenters. The SMILES string of the molecule is COc1ccc(COc2cc(C3(O)OC(COCc4ccccc4)CC3OCc3ccccc3)sn2)cc1. The van der Waals surface area contributed by atoms with Crippen LogP contribution >= 0.6 is 11.5 Å². The van der Waals surface area contributed by atoms with E-state index in [4.69, 9.17) is 23.7 Å². The van der Waals surface area contributed by atoms with Crippen LogP contribution in [0.2, 0.25) is 0 Å². The third-order valence-corrected chi connectivity index (χ3v) is 7.23. The fourth-order valence-corrected chi connectivity index (χ4v) is 5.06. The van der Waals surface area contributed by atoms with Crippen LogP contribution in [0.5, 0.6) is 11.6 Å². The van der Waals surface area contributed by atoms with Gasteiger partial charge in [0.05, 0.1) is 37.9 Å². The molecule has 3 aromatic carbocycles. The lowest BCUT2D eigenvalue weighted by atomic mass is 10.1. The molecule has 4 aromatic rings. The molecule has 0 bridgehead atoms. The summed E-state index contributed by atoms with van der Waals surface area (Å²) >= 11 is 1.14. The van der Waals surface area contributed by atoms with Gasteiger partial charge >= 0.3 is 0 Å². The van der Waals surface area contributed by atoms with Gasteiger partial charge in [-0.25, -0.2) is 0 Å². The van der Waals surface area contributed by atoms with Crippen molar-refractivity contribution >= 4 is 11.5 Å². The Labute approximate surface area is 226 Å². The lowest BCUT2D eigenvalue weighted by Gasteiger charge is -2.27. The molecular formula is C30H31NO6S. The summed E-state index contributed by atoms with van der Waals surface area (Å²) in [6.07, 6.45) is -0.448. The second-order valence-electron chi connectivity index (χ2n) is 9.12. The van der Waals surface area contributed by atoms with Crippen LogP contribution in [0, 0.1) is 0 Å². The number of aliphatic hydroxyl groups is 1. The van der Waals surface area contributed by atoms with E-state index in [1.165, 1.54) is 0 Å². The number of hydrogen-bond acceptors (Lipinski definition) is 8. The van der Waals surface area contributed by atoms with E-state index in [2.05, 4.69) is 4.37 Å². The lowest BCUT2D eigenvalue weighted by molar-refractivity contribution is -0.249. The minimum Gasteiger partial charge on any atom is -0.497 e. The summed E-state index contributed by atoms with van der Waals surface area (Å²) in [4.78, 5) is 0.533. The van der Waals surface area contributed by atoms with Crippen LogP contribution in [-0.4, -0.2) is 35.4 Å². The summed E-state index contributed by atoms with van der Waals surface area (Å²) in [7, 11) is 1.63. The molecule has 5 rings (SSSR count). The fraction of sp³-hybridized carbons (Fsp3) is 0.300. The summed E-state index contributed by atoms with van der Waals surface area (Å²) in [5.41, 5.74) is 3.08. The largest absolute Gasteiger partial charge is 0.497 e. The van der Waals surface area contributed by atoms with Crippen molar-refractivity contribution < 1.29 is 28.8 Å². The highest BCUT2D eigenvalue weighted by atomic mass is 32.1. The van der Waals surface area contributed by atoms with Crippen molar-refractivity contribution in [1.29, 1.82) is 0 Å². The van der Waals surface area contributed by atoms with E-state index in [1.807, 2.05) is 84.9 Å². The van der Waals surface area contributed by atoms with Gasteiger partial charge in [-0.05, 0) is 40.4 Å². The van der Waals surface area contributed by atoms with Crippen molar-refractivity contribution in [3.05, 3.63) is 113 Å². The summed E-state index contributed by atoms with van der Waals surface area (Å²) in [6.45, 7) is 1.51. The van der Waals surface area contributed by atoms with Crippen LogP contribution in [-0.2, 0) is 39.8 Å². The van der Waals surface area contributed by atoms with Gasteiger partial charge in [-0.1, -0.05) is 72.8 Å². The number of rotatable bonds is 12. The lowest BCUT2D eigenvalue weighted by Crippen LogP contribution is -2.37. The van der Waals surface area contributed by atoms with E-state index in [9.17, 15) is 5.11 Å². The van der Waals surface area contributed by atoms with Crippen LogP contribution in [0.4, 0.5) is 0 Å². The van der Waals surface area contributed by atoms with Gasteiger partial charge in [0.15, 0.2) is 0 Å². The molecular weight excluding hydrogens is 502 g/mol. The van der Waals surface area contributed by atoms with Crippen LogP contribution in [0.25, 0.3) is 0 Å². The molecule has 38 heavy (non-hydrogen) atoms. The van der Waals surface area contributed by atoms with E-state index < -0.39 is 11.9 Å². The maximum Gasteiger partial charge on any atom is 0.231 e. The highest BCUT2D eigenvalue weighted by molar-refractivity contribution is 7.06. The van der Waals surface area contributed by atoms with E-state index in [0.717, 1.165) is 34.0 Å². The minimum atomic E-state index is -1.66. The third kappa shape index (κ3) is 6.59. The Morgan fingerprint density at radius 1 is 0.895 bits per heavy atom. The van der Waals surface area contributed by atoms with E-state index in [-0.39, 0.29) is 6.10 Å². The highest BCUT2D eigenvalue weighted by Gasteiger charge is 2.51. The minimum absolute atomic E-state index is 0.335. The van der Waals surface area contributed by atoms with Gasteiger partial charge in [0.25, 0.3) is 0 Å². The van der Waals surface area contributed by atoms with Gasteiger partial charge in [0.1, 0.15) is 18.5 Å². The molecule has 1 aliphatic rings. The van der Waals surface area contributed by atoms with Crippen molar-refractivity contribution in [3.8, 4) is 11.6 Å². The van der Waals surface area contributed by atoms with Gasteiger partial charge in [-0.15, -0.1) is 0 Å².